The van der Waals surface area contributed by atoms with Crippen LogP contribution in [0.5, 0.6) is 0 Å². The molecule has 1 fully saturated rings. The summed E-state index contributed by atoms with van der Waals surface area (Å²) in [5.74, 6) is 0.351. The summed E-state index contributed by atoms with van der Waals surface area (Å²) in [6.07, 6.45) is 1.28. The predicted octanol–water partition coefficient (Wildman–Crippen LogP) is 2.72. The highest BCUT2D eigenvalue weighted by molar-refractivity contribution is 5.96. The van der Waals surface area contributed by atoms with Crippen LogP contribution in [0.15, 0.2) is 16.7 Å². The van der Waals surface area contributed by atoms with Crippen LogP contribution in [0.1, 0.15) is 47.3 Å². The van der Waals surface area contributed by atoms with Crippen molar-refractivity contribution in [2.45, 2.75) is 40.5 Å². The maximum atomic E-state index is 13.0. The lowest BCUT2D eigenvalue weighted by Crippen LogP contribution is -2.48. The van der Waals surface area contributed by atoms with E-state index < -0.39 is 11.4 Å². The highest BCUT2D eigenvalue weighted by Gasteiger charge is 2.40. The summed E-state index contributed by atoms with van der Waals surface area (Å²) in [6, 6.07) is 3.64. The number of aryl methyl sites for hydroxylation is 2. The van der Waals surface area contributed by atoms with Gasteiger partial charge in [0.25, 0.3) is 5.91 Å². The Bertz CT molecular complexity index is 835. The molecular weight excluding hydrogens is 322 g/mol. The molecule has 0 spiro atoms. The van der Waals surface area contributed by atoms with Crippen LogP contribution in [0.2, 0.25) is 0 Å². The molecule has 0 aliphatic carbocycles. The third-order valence-corrected chi connectivity index (χ3v) is 5.01. The molecule has 0 aromatic carbocycles. The molecule has 1 aliphatic heterocycles. The topological polar surface area (TPSA) is 88.6 Å². The molecule has 25 heavy (non-hydrogen) atoms. The maximum Gasteiger partial charge on any atom is 0.311 e. The zero-order valence-electron chi connectivity index (χ0n) is 15.0. The van der Waals surface area contributed by atoms with Crippen LogP contribution in [0, 0.1) is 26.2 Å². The molecule has 1 amide bonds. The van der Waals surface area contributed by atoms with Gasteiger partial charge in [-0.05, 0) is 46.6 Å². The smallest absolute Gasteiger partial charge is 0.311 e. The van der Waals surface area contributed by atoms with E-state index in [1.165, 1.54) is 0 Å². The first-order valence-electron chi connectivity index (χ1n) is 8.38. The normalized spacial score (nSPS) is 20.7. The Labute approximate surface area is 146 Å². The van der Waals surface area contributed by atoms with Gasteiger partial charge in [-0.2, -0.15) is 0 Å². The Balaban J connectivity index is 1.92. The van der Waals surface area contributed by atoms with E-state index in [9.17, 15) is 14.7 Å². The minimum Gasteiger partial charge on any atom is -0.481 e. The average Bonchev–Trinajstić information content (AvgIpc) is 3.09. The van der Waals surface area contributed by atoms with Gasteiger partial charge in [-0.3, -0.25) is 14.2 Å². The first-order chi connectivity index (χ1) is 11.7. The second-order valence-corrected chi connectivity index (χ2v) is 7.11. The van der Waals surface area contributed by atoms with Crippen LogP contribution in [-0.4, -0.2) is 44.7 Å². The van der Waals surface area contributed by atoms with Crippen molar-refractivity contribution in [3.63, 3.8) is 0 Å². The fourth-order valence-electron chi connectivity index (χ4n) is 3.55. The van der Waals surface area contributed by atoms with Gasteiger partial charge in [0, 0.05) is 30.5 Å². The van der Waals surface area contributed by atoms with E-state index >= 15 is 0 Å². The predicted molar refractivity (Wildman–Crippen MR) is 90.9 cm³/mol. The monoisotopic (exact) mass is 345 g/mol. The van der Waals surface area contributed by atoms with E-state index in [0.717, 1.165) is 11.4 Å². The molecular formula is C18H23N3O4. The molecule has 3 rings (SSSR count). The van der Waals surface area contributed by atoms with Crippen molar-refractivity contribution in [3.8, 4) is 5.82 Å². The van der Waals surface area contributed by atoms with Gasteiger partial charge >= 0.3 is 5.97 Å². The number of amides is 1. The van der Waals surface area contributed by atoms with Crippen LogP contribution in [0.3, 0.4) is 0 Å². The number of aliphatic carboxylic acids is 1. The van der Waals surface area contributed by atoms with Crippen molar-refractivity contribution in [2.75, 3.05) is 13.1 Å². The third-order valence-electron chi connectivity index (χ3n) is 5.01. The average molecular weight is 345 g/mol. The summed E-state index contributed by atoms with van der Waals surface area (Å²) in [7, 11) is 0. The van der Waals surface area contributed by atoms with Gasteiger partial charge in [-0.15, -0.1) is 0 Å². The molecule has 1 unspecified atom stereocenters. The van der Waals surface area contributed by atoms with Crippen LogP contribution in [0.4, 0.5) is 0 Å². The molecule has 2 aromatic rings. The number of nitrogens with zero attached hydrogens (tertiary/aromatic N) is 3. The quantitative estimate of drug-likeness (QED) is 0.924. The Morgan fingerprint density at radius 1 is 1.28 bits per heavy atom. The number of hydrogen-bond acceptors (Lipinski definition) is 4. The number of carbonyl (C=O) groups is 2. The third kappa shape index (κ3) is 2.94. The van der Waals surface area contributed by atoms with Gasteiger partial charge in [-0.25, -0.2) is 0 Å². The first-order valence-corrected chi connectivity index (χ1v) is 8.38. The number of hydrogen-bond donors (Lipinski definition) is 1. The minimum atomic E-state index is -0.886. The lowest BCUT2D eigenvalue weighted by Gasteiger charge is -2.37. The van der Waals surface area contributed by atoms with Crippen molar-refractivity contribution >= 4 is 11.9 Å². The summed E-state index contributed by atoms with van der Waals surface area (Å²) in [5.41, 5.74) is 1.35. The van der Waals surface area contributed by atoms with E-state index in [-0.39, 0.29) is 12.5 Å². The van der Waals surface area contributed by atoms with Crippen molar-refractivity contribution in [2.24, 2.45) is 5.41 Å². The van der Waals surface area contributed by atoms with Crippen molar-refractivity contribution in [3.05, 3.63) is 34.8 Å². The molecule has 1 aliphatic rings. The fourth-order valence-corrected chi connectivity index (χ4v) is 3.55. The summed E-state index contributed by atoms with van der Waals surface area (Å²) in [6.45, 7) is 8.10. The highest BCUT2D eigenvalue weighted by Crippen LogP contribution is 2.31. The van der Waals surface area contributed by atoms with Crippen LogP contribution >= 0.6 is 0 Å². The number of rotatable bonds is 3. The zero-order chi connectivity index (χ0) is 18.4. The molecule has 1 saturated heterocycles. The molecule has 2 aromatic heterocycles. The lowest BCUT2D eigenvalue weighted by atomic mass is 9.82. The van der Waals surface area contributed by atoms with Crippen molar-refractivity contribution in [1.29, 1.82) is 0 Å². The molecule has 7 nitrogen and oxygen atoms in total. The molecule has 1 N–H and O–H groups in total. The van der Waals surface area contributed by atoms with E-state index in [0.29, 0.717) is 36.5 Å². The van der Waals surface area contributed by atoms with Crippen molar-refractivity contribution in [1.82, 2.24) is 14.6 Å². The van der Waals surface area contributed by atoms with E-state index in [1.54, 1.807) is 11.8 Å². The van der Waals surface area contributed by atoms with Gasteiger partial charge in [0.15, 0.2) is 5.82 Å². The summed E-state index contributed by atoms with van der Waals surface area (Å²) in [5, 5.41) is 13.5. The summed E-state index contributed by atoms with van der Waals surface area (Å²) in [4.78, 5) is 26.2. The molecule has 134 valence electrons. The standard InChI is InChI=1S/C18H23N3O4/c1-11-8-14(13(3)21(11)15-9-12(2)25-19-15)16(22)20-7-5-6-18(4,10-20)17(23)24/h8-9H,5-7,10H2,1-4H3,(H,23,24). The molecule has 7 heteroatoms. The minimum absolute atomic E-state index is 0.133. The SMILES string of the molecule is Cc1cc(-n2c(C)cc(C(=O)N3CCCC(C)(C(=O)O)C3)c2C)no1. The second kappa shape index (κ2) is 6.06. The van der Waals surface area contributed by atoms with Gasteiger partial charge in [0.05, 0.1) is 11.0 Å². The largest absolute Gasteiger partial charge is 0.481 e. The van der Waals surface area contributed by atoms with Crippen LogP contribution < -0.4 is 0 Å². The number of aromatic nitrogens is 2. The van der Waals surface area contributed by atoms with E-state index in [1.807, 2.05) is 37.5 Å². The molecule has 0 radical (unpaired) electrons. The van der Waals surface area contributed by atoms with Gasteiger partial charge in [0.1, 0.15) is 5.76 Å². The Morgan fingerprint density at radius 2 is 2.00 bits per heavy atom. The Hall–Kier alpha value is -2.57. The number of likely N-dealkylation sites (tertiary alicyclic amines) is 1. The number of carbonyl (C=O) groups excluding carboxylic acids is 1. The molecule has 1 atom stereocenters. The second-order valence-electron chi connectivity index (χ2n) is 7.11. The maximum absolute atomic E-state index is 13.0. The Morgan fingerprint density at radius 3 is 2.60 bits per heavy atom. The van der Waals surface area contributed by atoms with E-state index in [2.05, 4.69) is 5.16 Å². The van der Waals surface area contributed by atoms with E-state index in [4.69, 9.17) is 4.52 Å². The first kappa shape index (κ1) is 17.3. The van der Waals surface area contributed by atoms with Gasteiger partial charge < -0.3 is 14.5 Å². The molecule has 0 saturated carbocycles. The zero-order valence-corrected chi connectivity index (χ0v) is 15.0. The van der Waals surface area contributed by atoms with Crippen LogP contribution in [0.25, 0.3) is 5.82 Å². The fraction of sp³-hybridized carbons (Fsp3) is 0.500. The Kier molecular flexibility index (Phi) is 4.18. The summed E-state index contributed by atoms with van der Waals surface area (Å²) < 4.78 is 7.02. The molecule has 0 bridgehead atoms. The lowest BCUT2D eigenvalue weighted by molar-refractivity contribution is -0.150. The van der Waals surface area contributed by atoms with Gasteiger partial charge in [-0.1, -0.05) is 5.16 Å². The summed E-state index contributed by atoms with van der Waals surface area (Å²) >= 11 is 0. The van der Waals surface area contributed by atoms with Crippen LogP contribution in [-0.2, 0) is 4.79 Å². The highest BCUT2D eigenvalue weighted by atomic mass is 16.5. The number of carboxylic acids is 1. The number of piperidine rings is 1. The van der Waals surface area contributed by atoms with Crippen molar-refractivity contribution < 1.29 is 19.2 Å². The number of carboxylic acid groups (broad SMARTS) is 1. The molecule has 3 heterocycles. The van der Waals surface area contributed by atoms with Gasteiger partial charge in [0.2, 0.25) is 0 Å².